The van der Waals surface area contributed by atoms with Crippen LogP contribution in [0.4, 0.5) is 13.2 Å². The van der Waals surface area contributed by atoms with E-state index in [0.717, 1.165) is 68.1 Å². The van der Waals surface area contributed by atoms with Crippen molar-refractivity contribution in [2.45, 2.75) is 19.5 Å². The summed E-state index contributed by atoms with van der Waals surface area (Å²) in [4.78, 5) is 4.60. The first-order valence-electron chi connectivity index (χ1n) is 14.1. The highest BCUT2D eigenvalue weighted by molar-refractivity contribution is 5.91. The molecule has 0 spiro atoms. The summed E-state index contributed by atoms with van der Waals surface area (Å²) in [6.07, 6.45) is 2.90. The Hall–Kier alpha value is -5.16. The van der Waals surface area contributed by atoms with E-state index in [1.54, 1.807) is 6.07 Å². The van der Waals surface area contributed by atoms with Crippen LogP contribution in [0, 0.1) is 6.92 Å². The SMILES string of the molecule is Cc1cc(-c2cccc(C(F)(F)F)c2)ccc1C1=Cc2ccc(-c3ccc(-c4nc5ccccc5o4)cc3)cc2CC=C1. The second kappa shape index (κ2) is 10.6. The van der Waals surface area contributed by atoms with Crippen LogP contribution >= 0.6 is 0 Å². The number of para-hydroxylation sites is 2. The van der Waals surface area contributed by atoms with Crippen LogP contribution in [-0.2, 0) is 12.6 Å². The van der Waals surface area contributed by atoms with Gasteiger partial charge in [-0.2, -0.15) is 13.2 Å². The molecule has 0 amide bonds. The van der Waals surface area contributed by atoms with Gasteiger partial charge in [-0.05, 0) is 106 Å². The molecule has 210 valence electrons. The molecule has 43 heavy (non-hydrogen) atoms. The molecule has 1 aliphatic carbocycles. The Balaban J connectivity index is 1.15. The maximum absolute atomic E-state index is 13.2. The minimum atomic E-state index is -4.37. The number of hydrogen-bond donors (Lipinski definition) is 0. The van der Waals surface area contributed by atoms with Crippen molar-refractivity contribution in [1.82, 2.24) is 4.98 Å². The number of allylic oxidation sites excluding steroid dienone is 3. The number of aryl methyl sites for hydroxylation is 1. The Kier molecular flexibility index (Phi) is 6.58. The summed E-state index contributed by atoms with van der Waals surface area (Å²) in [6.45, 7) is 2.00. The van der Waals surface area contributed by atoms with Crippen molar-refractivity contribution in [3.63, 3.8) is 0 Å². The number of halogens is 3. The quantitative estimate of drug-likeness (QED) is 0.211. The van der Waals surface area contributed by atoms with E-state index in [-0.39, 0.29) is 0 Å². The van der Waals surface area contributed by atoms with E-state index in [1.165, 1.54) is 17.7 Å². The van der Waals surface area contributed by atoms with E-state index in [2.05, 4.69) is 53.5 Å². The van der Waals surface area contributed by atoms with Crippen LogP contribution in [0.5, 0.6) is 0 Å². The molecular formula is C38H26F3NO. The standard InChI is InChI=1S/C38H26F3NO/c1-24-20-29(28-7-5-9-33(23-28)38(39,40)41)18-19-34(24)32-8-4-6-27-21-30(16-17-31(27)22-32)25-12-14-26(15-13-25)37-42-35-10-2-3-11-36(35)43-37/h2-5,7-23H,6H2,1H3. The van der Waals surface area contributed by atoms with Gasteiger partial charge in [0.2, 0.25) is 5.89 Å². The lowest BCUT2D eigenvalue weighted by Gasteiger charge is -2.12. The summed E-state index contributed by atoms with van der Waals surface area (Å²) in [6, 6.07) is 33.9. The first kappa shape index (κ1) is 26.7. The second-order valence-corrected chi connectivity index (χ2v) is 10.8. The first-order chi connectivity index (χ1) is 20.8. The molecule has 1 heterocycles. The van der Waals surface area contributed by atoms with Gasteiger partial charge in [0.25, 0.3) is 0 Å². The van der Waals surface area contributed by atoms with Gasteiger partial charge in [0.1, 0.15) is 5.52 Å². The molecule has 2 nitrogen and oxygen atoms in total. The summed E-state index contributed by atoms with van der Waals surface area (Å²) in [5.74, 6) is 0.607. The zero-order valence-electron chi connectivity index (χ0n) is 23.3. The fraction of sp³-hybridized carbons (Fsp3) is 0.0789. The van der Waals surface area contributed by atoms with Crippen molar-refractivity contribution < 1.29 is 17.6 Å². The number of rotatable bonds is 4. The number of fused-ring (bicyclic) bond motifs is 2. The molecule has 0 unspecified atom stereocenters. The molecule has 5 heteroatoms. The molecule has 0 fully saturated rings. The smallest absolute Gasteiger partial charge is 0.416 e. The molecule has 1 aromatic heterocycles. The zero-order valence-corrected chi connectivity index (χ0v) is 23.3. The third-order valence-electron chi connectivity index (χ3n) is 7.91. The van der Waals surface area contributed by atoms with E-state index < -0.39 is 11.7 Å². The Morgan fingerprint density at radius 3 is 2.21 bits per heavy atom. The molecule has 0 saturated heterocycles. The highest BCUT2D eigenvalue weighted by Gasteiger charge is 2.30. The van der Waals surface area contributed by atoms with E-state index in [4.69, 9.17) is 4.42 Å². The van der Waals surface area contributed by atoms with Gasteiger partial charge < -0.3 is 4.42 Å². The first-order valence-corrected chi connectivity index (χ1v) is 14.1. The molecule has 5 aromatic carbocycles. The van der Waals surface area contributed by atoms with Crippen LogP contribution in [0.3, 0.4) is 0 Å². The van der Waals surface area contributed by atoms with Gasteiger partial charge in [-0.3, -0.25) is 0 Å². The lowest BCUT2D eigenvalue weighted by atomic mass is 9.93. The molecule has 0 N–H and O–H groups in total. The van der Waals surface area contributed by atoms with Crippen LogP contribution in [0.1, 0.15) is 27.8 Å². The van der Waals surface area contributed by atoms with Gasteiger partial charge in [-0.15, -0.1) is 0 Å². The third-order valence-corrected chi connectivity index (χ3v) is 7.91. The van der Waals surface area contributed by atoms with Crippen molar-refractivity contribution >= 4 is 22.7 Å². The summed E-state index contributed by atoms with van der Waals surface area (Å²) in [5, 5.41) is 0. The maximum atomic E-state index is 13.2. The molecule has 0 saturated carbocycles. The van der Waals surface area contributed by atoms with Crippen molar-refractivity contribution in [3.8, 4) is 33.7 Å². The monoisotopic (exact) mass is 569 g/mol. The molecule has 0 radical (unpaired) electrons. The molecule has 0 bridgehead atoms. The predicted molar refractivity (Wildman–Crippen MR) is 167 cm³/mol. The molecule has 0 aliphatic heterocycles. The fourth-order valence-electron chi connectivity index (χ4n) is 5.64. The highest BCUT2D eigenvalue weighted by Crippen LogP contribution is 2.35. The van der Waals surface area contributed by atoms with Crippen molar-refractivity contribution in [2.24, 2.45) is 0 Å². The van der Waals surface area contributed by atoms with Crippen molar-refractivity contribution in [2.75, 3.05) is 0 Å². The molecule has 0 atom stereocenters. The van der Waals surface area contributed by atoms with Gasteiger partial charge in [0.15, 0.2) is 5.58 Å². The Bertz CT molecular complexity index is 2010. The maximum Gasteiger partial charge on any atom is 0.416 e. The van der Waals surface area contributed by atoms with E-state index >= 15 is 0 Å². The van der Waals surface area contributed by atoms with E-state index in [0.29, 0.717) is 11.5 Å². The van der Waals surface area contributed by atoms with Crippen LogP contribution in [0.2, 0.25) is 0 Å². The predicted octanol–water partition coefficient (Wildman–Crippen LogP) is 10.8. The largest absolute Gasteiger partial charge is 0.436 e. The summed E-state index contributed by atoms with van der Waals surface area (Å²) >= 11 is 0. The molecular weight excluding hydrogens is 543 g/mol. The van der Waals surface area contributed by atoms with Gasteiger partial charge >= 0.3 is 6.18 Å². The van der Waals surface area contributed by atoms with Gasteiger partial charge in [0.05, 0.1) is 5.56 Å². The van der Waals surface area contributed by atoms with Crippen molar-refractivity contribution in [3.05, 3.63) is 149 Å². The lowest BCUT2D eigenvalue weighted by Crippen LogP contribution is -2.04. The number of nitrogens with zero attached hydrogens (tertiary/aromatic N) is 1. The van der Waals surface area contributed by atoms with E-state index in [9.17, 15) is 13.2 Å². The number of aromatic nitrogens is 1. The number of alkyl halides is 3. The van der Waals surface area contributed by atoms with Gasteiger partial charge in [-0.1, -0.05) is 84.9 Å². The molecule has 1 aliphatic rings. The summed E-state index contributed by atoms with van der Waals surface area (Å²) in [5.41, 5.74) is 11.0. The average Bonchev–Trinajstić information content (AvgIpc) is 3.34. The normalized spacial score (nSPS) is 13.1. The minimum absolute atomic E-state index is 0.551. The second-order valence-electron chi connectivity index (χ2n) is 10.8. The third kappa shape index (κ3) is 5.30. The van der Waals surface area contributed by atoms with Crippen molar-refractivity contribution in [1.29, 1.82) is 0 Å². The minimum Gasteiger partial charge on any atom is -0.436 e. The van der Waals surface area contributed by atoms with Gasteiger partial charge in [-0.25, -0.2) is 4.98 Å². The highest BCUT2D eigenvalue weighted by atomic mass is 19.4. The van der Waals surface area contributed by atoms with Crippen LogP contribution in [0.25, 0.3) is 56.5 Å². The van der Waals surface area contributed by atoms with Crippen LogP contribution in [-0.4, -0.2) is 4.98 Å². The van der Waals surface area contributed by atoms with Crippen LogP contribution in [0.15, 0.2) is 126 Å². The Labute approximate surface area is 247 Å². The van der Waals surface area contributed by atoms with E-state index in [1.807, 2.05) is 61.5 Å². The number of benzene rings is 5. The topological polar surface area (TPSA) is 26.0 Å². The Morgan fingerprint density at radius 1 is 0.698 bits per heavy atom. The average molecular weight is 570 g/mol. The Morgan fingerprint density at radius 2 is 1.42 bits per heavy atom. The summed E-state index contributed by atoms with van der Waals surface area (Å²) < 4.78 is 45.7. The summed E-state index contributed by atoms with van der Waals surface area (Å²) in [7, 11) is 0. The fourth-order valence-corrected chi connectivity index (χ4v) is 5.64. The zero-order chi connectivity index (χ0) is 29.6. The lowest BCUT2D eigenvalue weighted by molar-refractivity contribution is -0.137. The van der Waals surface area contributed by atoms with Gasteiger partial charge in [0, 0.05) is 5.56 Å². The number of oxazole rings is 1. The van der Waals surface area contributed by atoms with Crippen LogP contribution < -0.4 is 0 Å². The molecule has 7 rings (SSSR count). The number of hydrogen-bond acceptors (Lipinski definition) is 2. The molecule has 6 aromatic rings.